The number of thioether (sulfide) groups is 1. The van der Waals surface area contributed by atoms with Crippen molar-refractivity contribution >= 4 is 123 Å². The number of guanidine groups is 4. The van der Waals surface area contributed by atoms with Gasteiger partial charge >= 0.3 is 6.09 Å². The van der Waals surface area contributed by atoms with Crippen LogP contribution in [0.1, 0.15) is 199 Å². The summed E-state index contributed by atoms with van der Waals surface area (Å²) in [6.07, 6.45) is 6.77. The van der Waals surface area contributed by atoms with Crippen molar-refractivity contribution in [2.24, 2.45) is 130 Å². The van der Waals surface area contributed by atoms with Gasteiger partial charge in [0.05, 0.1) is 35.8 Å². The first-order valence-corrected chi connectivity index (χ1v) is 43.5. The molecule has 7 rings (SSSR count). The van der Waals surface area contributed by atoms with E-state index in [1.807, 2.05) is 25.1 Å². The predicted octanol–water partition coefficient (Wildman–Crippen LogP) is 2.17. The Kier molecular flexibility index (Phi) is 38.4. The SMILES string of the molecule is C[C@H](CCCN=C(N)N)C(=O)N[C@H](CCCN=C(N)N)C(=O)C[C@H](CCCN=C(N)N)C(=O)N[C@H](CCCN=C(N)N)C(=O)C[C@H](CSC1CC(=O)N(CCCCCC(=O)N[C@@H](Cc2ccccc2)C(=O)C[C@@H](CCCCN)C(=O)Nc2ccc(COC(=O)NCC(=O)[C@@]3(O)CC[C@H]4[C@@H]5CCC6=CC(=O)CC[C@]6(C)[C@H]5C(=O)C[C@@]43C)cc2)C1=O)C(N)=O. The summed E-state index contributed by atoms with van der Waals surface area (Å²) in [6.45, 7) is 5.78. The molecule has 3 saturated carbocycles. The number of amides is 8. The average molecular weight is 1720 g/mol. The van der Waals surface area contributed by atoms with Crippen LogP contribution in [0.4, 0.5) is 10.5 Å². The number of primary amides is 1. The summed E-state index contributed by atoms with van der Waals surface area (Å²) in [5, 5.41) is 25.1. The molecular weight excluding hydrogens is 1590 g/mol. The molecule has 122 heavy (non-hydrogen) atoms. The van der Waals surface area contributed by atoms with E-state index in [2.05, 4.69) is 53.5 Å². The number of alkyl carbamates (subject to hydrolysis) is 1. The number of ether oxygens (including phenoxy) is 1. The summed E-state index contributed by atoms with van der Waals surface area (Å²) in [6, 6.07) is 12.2. The second-order valence-corrected chi connectivity index (χ2v) is 34.7. The van der Waals surface area contributed by atoms with Crippen LogP contribution in [0, 0.1) is 52.3 Å². The zero-order valence-electron chi connectivity index (χ0n) is 70.6. The molecule has 4 fully saturated rings. The van der Waals surface area contributed by atoms with E-state index in [9.17, 15) is 72.2 Å². The van der Waals surface area contributed by atoms with Gasteiger partial charge in [0.15, 0.2) is 52.8 Å². The van der Waals surface area contributed by atoms with Crippen LogP contribution in [0.2, 0.25) is 0 Å². The van der Waals surface area contributed by atoms with Crippen molar-refractivity contribution in [3.05, 3.63) is 77.4 Å². The van der Waals surface area contributed by atoms with Crippen LogP contribution in [0.5, 0.6) is 0 Å². The number of aliphatic imine (C=N–C) groups is 4. The molecule has 1 saturated heterocycles. The minimum atomic E-state index is -1.85. The molecule has 36 nitrogen and oxygen atoms in total. The maximum Gasteiger partial charge on any atom is 0.407 e. The number of ketones is 6. The molecule has 1 unspecified atom stereocenters. The number of benzene rings is 2. The Hall–Kier alpha value is -10.7. The van der Waals surface area contributed by atoms with Gasteiger partial charge < -0.3 is 93.8 Å². The van der Waals surface area contributed by atoms with Crippen LogP contribution in [0.15, 0.2) is 86.2 Å². The number of hydrogen-bond donors (Lipinski definition) is 16. The van der Waals surface area contributed by atoms with Crippen LogP contribution in [0.25, 0.3) is 0 Å². The molecule has 0 radical (unpaired) electrons. The maximum atomic E-state index is 14.5. The fourth-order valence-corrected chi connectivity index (χ4v) is 19.0. The minimum absolute atomic E-state index is 0.00147. The minimum Gasteiger partial charge on any atom is -0.445 e. The van der Waals surface area contributed by atoms with Crippen LogP contribution >= 0.6 is 11.8 Å². The number of allylic oxidation sites excluding steroid dienone is 1. The highest BCUT2D eigenvalue weighted by atomic mass is 32.2. The summed E-state index contributed by atoms with van der Waals surface area (Å²) >= 11 is 0.982. The van der Waals surface area contributed by atoms with Crippen LogP contribution in [-0.2, 0) is 80.1 Å². The van der Waals surface area contributed by atoms with Gasteiger partial charge in [0.2, 0.25) is 41.4 Å². The quantitative estimate of drug-likeness (QED) is 0.0195. The molecule has 0 aromatic heterocycles. The molecule has 0 spiro atoms. The monoisotopic (exact) mass is 1720 g/mol. The number of aliphatic hydroxyl groups is 1. The van der Waals surface area contributed by atoms with Crippen molar-refractivity contribution in [3.8, 4) is 0 Å². The number of nitrogens with one attached hydrogen (secondary N) is 5. The number of carbonyl (C=O) groups is 14. The van der Waals surface area contributed by atoms with E-state index in [4.69, 9.17) is 62.1 Å². The number of Topliss-reactive ketones (excluding diaryl/α,β-unsaturated/α-hetero) is 5. The summed E-state index contributed by atoms with van der Waals surface area (Å²) in [5.41, 5.74) is 55.5. The van der Waals surface area contributed by atoms with Crippen LogP contribution < -0.4 is 83.9 Å². The number of likely N-dealkylation sites (tertiary alicyclic amines) is 1. The molecule has 37 heteroatoms. The Morgan fingerprint density at radius 3 is 1.77 bits per heavy atom. The molecule has 5 aliphatic rings. The molecule has 1 heterocycles. The first-order chi connectivity index (χ1) is 58.0. The predicted molar refractivity (Wildman–Crippen MR) is 463 cm³/mol. The zero-order chi connectivity index (χ0) is 89.4. The number of carbonyl (C=O) groups excluding carboxylic acids is 14. The van der Waals surface area contributed by atoms with E-state index in [1.165, 1.54) is 0 Å². The van der Waals surface area contributed by atoms with Gasteiger partial charge in [0.25, 0.3) is 0 Å². The highest BCUT2D eigenvalue weighted by Gasteiger charge is 2.68. The van der Waals surface area contributed by atoms with E-state index >= 15 is 0 Å². The Bertz CT molecular complexity index is 4190. The summed E-state index contributed by atoms with van der Waals surface area (Å²) in [7, 11) is 0. The van der Waals surface area contributed by atoms with Gasteiger partial charge in [-0.05, 0) is 169 Å². The Balaban J connectivity index is 0.887. The third-order valence-electron chi connectivity index (χ3n) is 24.6. The standard InChI is InChI=1S/C85H128N20O16S/c1-50(16-12-35-96-78(88)89)74(115)103-61(21-14-37-98-80(92)93)64(107)41-54(20-13-36-97-79(90)91)76(117)104-62(22-15-38-99-81(94)95)65(108)43-55(73(87)114)49-122-68-45-71(113)105(77(68)118)39-11-5-8-23-70(112)102-63(40-51-17-6-4-7-18-51)66(109)42-53(19-9-10-34-86)75(116)101-57-27-24-52(25-28-57)48-121-82(119)100-47-69(111)85(120)33-31-60-59-29-26-56-44-58(106)30-32-83(56,2)72(59)67(110)46-84(60,85)3/h4,6-7,17-18,24-25,27-28,44,50,53-55,59-63,68,72,120H,5,8-16,19-23,26,29-43,45-49,86H2,1-3H3,(H2,87,114)(H,100,119)(H,101,116)(H,102,112)(H,103,115)(H,104,117)(H4,88,89,96)(H4,90,91,97)(H4,92,93,98)(H4,94,95,99)/t50-,53-,54+,55-,59+,60+,61-,62-,63+,68?,72-,83+,84+,85+/m1/s1. The van der Waals surface area contributed by atoms with Gasteiger partial charge in [-0.15, -0.1) is 11.8 Å². The number of nitrogens with two attached hydrogens (primary N) is 10. The molecule has 4 aliphatic carbocycles. The Labute approximate surface area is 716 Å². The first kappa shape index (κ1) is 98.4. The molecule has 2 aromatic carbocycles. The van der Waals surface area contributed by atoms with Gasteiger partial charge in [-0.2, -0.15) is 0 Å². The van der Waals surface area contributed by atoms with Crippen molar-refractivity contribution in [1.82, 2.24) is 26.2 Å². The lowest BCUT2D eigenvalue weighted by atomic mass is 9.46. The van der Waals surface area contributed by atoms with Crippen molar-refractivity contribution in [2.75, 3.05) is 56.9 Å². The lowest BCUT2D eigenvalue weighted by molar-refractivity contribution is -0.168. The molecule has 1 aliphatic heterocycles. The van der Waals surface area contributed by atoms with Gasteiger partial charge in [-0.1, -0.05) is 81.7 Å². The second kappa shape index (κ2) is 47.7. The van der Waals surface area contributed by atoms with Crippen molar-refractivity contribution in [2.45, 2.75) is 230 Å². The molecule has 2 aromatic rings. The van der Waals surface area contributed by atoms with Crippen molar-refractivity contribution in [1.29, 1.82) is 0 Å². The number of rotatable bonds is 53. The van der Waals surface area contributed by atoms with E-state index in [0.29, 0.717) is 101 Å². The van der Waals surface area contributed by atoms with E-state index in [1.54, 1.807) is 49.4 Å². The number of nitrogens with zero attached hydrogens (tertiary/aromatic N) is 5. The number of fused-ring (bicyclic) bond motifs is 5. The largest absolute Gasteiger partial charge is 0.445 e. The van der Waals surface area contributed by atoms with Crippen molar-refractivity contribution < 1.29 is 77.0 Å². The lowest BCUT2D eigenvalue weighted by Gasteiger charge is -2.57. The molecule has 14 atom stereocenters. The summed E-state index contributed by atoms with van der Waals surface area (Å²) in [4.78, 5) is 210. The average Bonchev–Trinajstić information content (AvgIpc) is 1.48. The second-order valence-electron chi connectivity index (χ2n) is 33.5. The smallest absolute Gasteiger partial charge is 0.407 e. The number of unbranched alkanes of at least 4 members (excludes halogenated alkanes) is 3. The van der Waals surface area contributed by atoms with Crippen molar-refractivity contribution in [3.63, 3.8) is 0 Å². The molecule has 8 amide bonds. The molecule has 26 N–H and O–H groups in total. The zero-order valence-corrected chi connectivity index (χ0v) is 71.4. The Morgan fingerprint density at radius 1 is 0.607 bits per heavy atom. The van der Waals surface area contributed by atoms with Gasteiger partial charge in [-0.3, -0.25) is 87.2 Å². The number of anilines is 1. The fourth-order valence-electron chi connectivity index (χ4n) is 17.7. The highest BCUT2D eigenvalue weighted by Crippen LogP contribution is 2.66. The third-order valence-corrected chi connectivity index (χ3v) is 25.9. The van der Waals surface area contributed by atoms with E-state index < -0.39 is 148 Å². The third kappa shape index (κ3) is 29.0. The number of imide groups is 1. The van der Waals surface area contributed by atoms with Crippen LogP contribution in [0.3, 0.4) is 0 Å². The van der Waals surface area contributed by atoms with E-state index in [-0.39, 0.29) is 181 Å². The summed E-state index contributed by atoms with van der Waals surface area (Å²) in [5.74, 6) is -10.9. The molecular formula is C85H128N20O16S. The van der Waals surface area contributed by atoms with E-state index in [0.717, 1.165) is 27.8 Å². The lowest BCUT2D eigenvalue weighted by Crippen LogP contribution is -2.61. The molecule has 0 bridgehead atoms. The Morgan fingerprint density at radius 2 is 1.17 bits per heavy atom. The maximum absolute atomic E-state index is 14.5. The van der Waals surface area contributed by atoms with Gasteiger partial charge in [0.1, 0.15) is 18.0 Å². The topological polar surface area (TPSA) is 641 Å². The first-order valence-electron chi connectivity index (χ1n) is 42.5. The van der Waals surface area contributed by atoms with Gasteiger partial charge in [0, 0.05) is 118 Å². The fraction of sp³-hybridized carbons (Fsp3) is 0.624. The number of hydrogen-bond acceptors (Lipinski definition) is 22. The van der Waals surface area contributed by atoms with Gasteiger partial charge in [-0.25, -0.2) is 4.79 Å². The summed E-state index contributed by atoms with van der Waals surface area (Å²) < 4.78 is 5.46. The highest BCUT2D eigenvalue weighted by molar-refractivity contribution is 8.00. The molecule has 670 valence electrons. The normalized spacial score (nSPS) is 21.9. The van der Waals surface area contributed by atoms with Crippen LogP contribution in [-0.4, -0.2) is 197 Å².